The Hall–Kier alpha value is -2.30. The van der Waals surface area contributed by atoms with Gasteiger partial charge in [0.15, 0.2) is 11.5 Å². The summed E-state index contributed by atoms with van der Waals surface area (Å²) >= 11 is 0. The summed E-state index contributed by atoms with van der Waals surface area (Å²) in [5, 5.41) is 21.5. The van der Waals surface area contributed by atoms with Crippen LogP contribution in [-0.2, 0) is 0 Å². The summed E-state index contributed by atoms with van der Waals surface area (Å²) < 4.78 is 5.37. The first kappa shape index (κ1) is 20.0. The molecule has 0 radical (unpaired) electrons. The van der Waals surface area contributed by atoms with Gasteiger partial charge in [0.05, 0.1) is 12.7 Å². The van der Waals surface area contributed by atoms with Gasteiger partial charge >= 0.3 is 0 Å². The maximum atomic E-state index is 11.4. The van der Waals surface area contributed by atoms with Gasteiger partial charge in [0.1, 0.15) is 0 Å². The number of aliphatic hydroxyl groups is 1. The molecule has 0 spiro atoms. The molecule has 3 unspecified atom stereocenters. The number of phenolic OH excluding ortho intramolecular Hbond substituents is 1. The number of nitrogens with zero attached hydrogens (tertiary/aromatic N) is 1. The standard InChI is InChI=1S/C25H31NO3/c1-29-23-18-20(12-13-22(23)27)24-21-11-5-6-14-25(21,28)15-17-26(24)16-7-10-19-8-3-2-4-9-19/h2-4,7-10,12-13,18,21,24,27-28H,5-6,11,14-17H2,1H3/b10-7+. The number of hydrogen-bond donors (Lipinski definition) is 2. The zero-order chi connectivity index (χ0) is 20.3. The van der Waals surface area contributed by atoms with Crippen LogP contribution in [0.5, 0.6) is 11.5 Å². The number of fused-ring (bicyclic) bond motifs is 1. The summed E-state index contributed by atoms with van der Waals surface area (Å²) in [5.74, 6) is 0.845. The van der Waals surface area contributed by atoms with Crippen molar-refractivity contribution in [2.24, 2.45) is 5.92 Å². The highest BCUT2D eigenvalue weighted by atomic mass is 16.5. The molecule has 4 rings (SSSR count). The van der Waals surface area contributed by atoms with Crippen molar-refractivity contribution in [1.82, 2.24) is 4.90 Å². The highest BCUT2D eigenvalue weighted by Crippen LogP contribution is 2.50. The first-order valence-corrected chi connectivity index (χ1v) is 10.7. The predicted octanol–water partition coefficient (Wildman–Crippen LogP) is 4.78. The molecule has 1 saturated carbocycles. The fourth-order valence-corrected chi connectivity index (χ4v) is 5.16. The van der Waals surface area contributed by atoms with Crippen molar-refractivity contribution in [2.45, 2.75) is 43.7 Å². The summed E-state index contributed by atoms with van der Waals surface area (Å²) in [6, 6.07) is 16.1. The van der Waals surface area contributed by atoms with Crippen molar-refractivity contribution in [3.63, 3.8) is 0 Å². The molecule has 2 N–H and O–H groups in total. The number of piperidine rings is 1. The Balaban J connectivity index is 1.63. The molecule has 29 heavy (non-hydrogen) atoms. The molecular formula is C25H31NO3. The number of likely N-dealkylation sites (tertiary alicyclic amines) is 1. The first-order valence-electron chi connectivity index (χ1n) is 10.7. The van der Waals surface area contributed by atoms with Gasteiger partial charge in [-0.15, -0.1) is 0 Å². The van der Waals surface area contributed by atoms with E-state index in [1.807, 2.05) is 30.3 Å². The summed E-state index contributed by atoms with van der Waals surface area (Å²) in [4.78, 5) is 2.47. The van der Waals surface area contributed by atoms with Crippen LogP contribution in [0.3, 0.4) is 0 Å². The number of ether oxygens (including phenoxy) is 1. The molecule has 0 bridgehead atoms. The van der Waals surface area contributed by atoms with E-state index in [9.17, 15) is 10.2 Å². The Bertz CT molecular complexity index is 850. The minimum atomic E-state index is -0.590. The van der Waals surface area contributed by atoms with Crippen LogP contribution in [-0.4, -0.2) is 40.9 Å². The van der Waals surface area contributed by atoms with E-state index in [1.54, 1.807) is 13.2 Å². The summed E-state index contributed by atoms with van der Waals surface area (Å²) in [6.45, 7) is 1.69. The van der Waals surface area contributed by atoms with Crippen molar-refractivity contribution in [1.29, 1.82) is 0 Å². The third-order valence-electron chi connectivity index (χ3n) is 6.67. The van der Waals surface area contributed by atoms with Crippen molar-refractivity contribution >= 4 is 6.08 Å². The van der Waals surface area contributed by atoms with E-state index in [0.717, 1.165) is 50.8 Å². The molecule has 0 aromatic heterocycles. The van der Waals surface area contributed by atoms with Gasteiger partial charge < -0.3 is 14.9 Å². The van der Waals surface area contributed by atoms with E-state index < -0.39 is 5.60 Å². The molecule has 2 aliphatic rings. The normalized spacial score (nSPS) is 27.7. The Morgan fingerprint density at radius 3 is 2.76 bits per heavy atom. The Morgan fingerprint density at radius 2 is 1.97 bits per heavy atom. The van der Waals surface area contributed by atoms with Crippen molar-refractivity contribution in [3.05, 3.63) is 65.7 Å². The molecule has 1 heterocycles. The molecule has 2 fully saturated rings. The number of phenols is 1. The van der Waals surface area contributed by atoms with Crippen molar-refractivity contribution < 1.29 is 14.9 Å². The number of benzene rings is 2. The minimum absolute atomic E-state index is 0.115. The van der Waals surface area contributed by atoms with Gasteiger partial charge in [-0.1, -0.05) is 61.4 Å². The lowest BCUT2D eigenvalue weighted by Gasteiger charge is -2.52. The lowest BCUT2D eigenvalue weighted by Crippen LogP contribution is -2.54. The van der Waals surface area contributed by atoms with Crippen molar-refractivity contribution in [2.75, 3.05) is 20.2 Å². The average molecular weight is 394 g/mol. The van der Waals surface area contributed by atoms with Crippen LogP contribution in [0.15, 0.2) is 54.6 Å². The van der Waals surface area contributed by atoms with E-state index in [4.69, 9.17) is 4.74 Å². The Kier molecular flexibility index (Phi) is 5.93. The van der Waals surface area contributed by atoms with E-state index in [-0.39, 0.29) is 17.7 Å². The molecule has 2 aromatic carbocycles. The van der Waals surface area contributed by atoms with Crippen LogP contribution >= 0.6 is 0 Å². The molecule has 1 saturated heterocycles. The van der Waals surface area contributed by atoms with Crippen LogP contribution in [0.1, 0.15) is 49.3 Å². The highest BCUT2D eigenvalue weighted by molar-refractivity contribution is 5.49. The monoisotopic (exact) mass is 393 g/mol. The maximum absolute atomic E-state index is 11.4. The smallest absolute Gasteiger partial charge is 0.160 e. The third kappa shape index (κ3) is 4.19. The van der Waals surface area contributed by atoms with Crippen LogP contribution in [0.2, 0.25) is 0 Å². The van der Waals surface area contributed by atoms with Gasteiger partial charge in [-0.3, -0.25) is 4.90 Å². The molecule has 3 atom stereocenters. The van der Waals surface area contributed by atoms with Crippen LogP contribution < -0.4 is 4.74 Å². The Morgan fingerprint density at radius 1 is 1.14 bits per heavy atom. The van der Waals surface area contributed by atoms with Crippen LogP contribution in [0.25, 0.3) is 6.08 Å². The van der Waals surface area contributed by atoms with E-state index in [0.29, 0.717) is 5.75 Å². The topological polar surface area (TPSA) is 52.9 Å². The van der Waals surface area contributed by atoms with Gasteiger partial charge in [0.25, 0.3) is 0 Å². The second-order valence-corrected chi connectivity index (χ2v) is 8.39. The second kappa shape index (κ2) is 8.60. The quantitative estimate of drug-likeness (QED) is 0.767. The van der Waals surface area contributed by atoms with Gasteiger partial charge in [0, 0.05) is 25.0 Å². The fraction of sp³-hybridized carbons (Fsp3) is 0.440. The zero-order valence-electron chi connectivity index (χ0n) is 17.1. The lowest BCUT2D eigenvalue weighted by molar-refractivity contribution is -0.122. The molecule has 1 aliphatic carbocycles. The number of methoxy groups -OCH3 is 1. The molecule has 154 valence electrons. The summed E-state index contributed by atoms with van der Waals surface area (Å²) in [6.07, 6.45) is 9.38. The SMILES string of the molecule is COc1cc(C2C3CCCCC3(O)CCN2C/C=C/c2ccccc2)ccc1O. The van der Waals surface area contributed by atoms with E-state index in [1.165, 1.54) is 5.56 Å². The van der Waals surface area contributed by atoms with Gasteiger partial charge in [-0.05, 0) is 42.5 Å². The average Bonchev–Trinajstić information content (AvgIpc) is 2.75. The number of aromatic hydroxyl groups is 1. The highest BCUT2D eigenvalue weighted by Gasteiger charge is 2.48. The molecular weight excluding hydrogens is 362 g/mol. The minimum Gasteiger partial charge on any atom is -0.504 e. The van der Waals surface area contributed by atoms with E-state index in [2.05, 4.69) is 29.2 Å². The lowest BCUT2D eigenvalue weighted by atomic mass is 9.66. The number of hydrogen-bond acceptors (Lipinski definition) is 4. The second-order valence-electron chi connectivity index (χ2n) is 8.39. The van der Waals surface area contributed by atoms with Crippen molar-refractivity contribution in [3.8, 4) is 11.5 Å². The maximum Gasteiger partial charge on any atom is 0.160 e. The van der Waals surface area contributed by atoms with Crippen LogP contribution in [0, 0.1) is 5.92 Å². The van der Waals surface area contributed by atoms with Gasteiger partial charge in [0.2, 0.25) is 0 Å². The van der Waals surface area contributed by atoms with Gasteiger partial charge in [-0.25, -0.2) is 0 Å². The summed E-state index contributed by atoms with van der Waals surface area (Å²) in [7, 11) is 1.58. The van der Waals surface area contributed by atoms with Gasteiger partial charge in [-0.2, -0.15) is 0 Å². The van der Waals surface area contributed by atoms with E-state index >= 15 is 0 Å². The molecule has 1 aliphatic heterocycles. The summed E-state index contributed by atoms with van der Waals surface area (Å²) in [5.41, 5.74) is 1.72. The molecule has 4 heteroatoms. The number of rotatable bonds is 5. The third-order valence-corrected chi connectivity index (χ3v) is 6.67. The largest absolute Gasteiger partial charge is 0.504 e. The molecule has 0 amide bonds. The first-order chi connectivity index (χ1) is 14.1. The molecule has 4 nitrogen and oxygen atoms in total. The zero-order valence-corrected chi connectivity index (χ0v) is 17.1. The molecule has 2 aromatic rings. The predicted molar refractivity (Wildman–Crippen MR) is 116 cm³/mol. The Labute approximate surface area is 173 Å². The fourth-order valence-electron chi connectivity index (χ4n) is 5.16. The van der Waals surface area contributed by atoms with Crippen LogP contribution in [0.4, 0.5) is 0 Å².